The number of rotatable bonds is 6. The number of nitrogens with two attached hydrogens (primary N) is 1. The molecule has 0 aliphatic carbocycles. The predicted octanol–water partition coefficient (Wildman–Crippen LogP) is 4.01. The van der Waals surface area contributed by atoms with Gasteiger partial charge < -0.3 is 11.1 Å². The van der Waals surface area contributed by atoms with Gasteiger partial charge in [0.25, 0.3) is 0 Å². The number of hydrogen-bond donors (Lipinski definition) is 2. The first-order valence-corrected chi connectivity index (χ1v) is 12.2. The molecule has 0 saturated carbocycles. The van der Waals surface area contributed by atoms with Crippen molar-refractivity contribution in [2.75, 3.05) is 0 Å². The Morgan fingerprint density at radius 1 is 0.946 bits per heavy atom. The highest BCUT2D eigenvalue weighted by Gasteiger charge is 2.41. The van der Waals surface area contributed by atoms with Gasteiger partial charge in [-0.1, -0.05) is 60.7 Å². The zero-order valence-corrected chi connectivity index (χ0v) is 20.4. The third kappa shape index (κ3) is 6.27. The summed E-state index contributed by atoms with van der Waals surface area (Å²) in [7, 11) is 0. The van der Waals surface area contributed by atoms with Gasteiger partial charge >= 0.3 is 0 Å². The van der Waals surface area contributed by atoms with E-state index in [-0.39, 0.29) is 23.9 Å². The van der Waals surface area contributed by atoms with Crippen LogP contribution in [-0.2, 0) is 20.8 Å². The second kappa shape index (κ2) is 11.4. The molecule has 1 heterocycles. The lowest BCUT2D eigenvalue weighted by atomic mass is 9.86. The fourth-order valence-electron chi connectivity index (χ4n) is 4.85. The van der Waals surface area contributed by atoms with Gasteiger partial charge in [0, 0.05) is 6.07 Å². The predicted molar refractivity (Wildman–Crippen MR) is 135 cm³/mol. The third-order valence-corrected chi connectivity index (χ3v) is 6.61. The minimum atomic E-state index is -1.15. The highest BCUT2D eigenvalue weighted by molar-refractivity contribution is 6.03. The maximum atomic E-state index is 13.8. The molecule has 1 aliphatic heterocycles. The minimum absolute atomic E-state index is 0.0563. The van der Waals surface area contributed by atoms with Gasteiger partial charge in [0.05, 0.1) is 18.5 Å². The van der Waals surface area contributed by atoms with Gasteiger partial charge in [0.2, 0.25) is 17.7 Å². The van der Waals surface area contributed by atoms with Crippen molar-refractivity contribution in [3.8, 4) is 0 Å². The quantitative estimate of drug-likeness (QED) is 0.530. The molecule has 1 saturated heterocycles. The van der Waals surface area contributed by atoms with Crippen molar-refractivity contribution in [3.05, 3.63) is 107 Å². The normalized spacial score (nSPS) is 20.4. The molecule has 192 valence electrons. The summed E-state index contributed by atoms with van der Waals surface area (Å²) in [6.45, 7) is 1.43. The van der Waals surface area contributed by atoms with Crippen LogP contribution in [0, 0.1) is 11.6 Å². The topological polar surface area (TPSA) is 92.5 Å². The number of nitrogens with zero attached hydrogens (tertiary/aromatic N) is 1. The molecule has 4 atom stereocenters. The van der Waals surface area contributed by atoms with Crippen LogP contribution < -0.4 is 11.1 Å². The first-order chi connectivity index (χ1) is 17.7. The largest absolute Gasteiger partial charge is 0.347 e. The van der Waals surface area contributed by atoms with Gasteiger partial charge in [0.15, 0.2) is 0 Å². The monoisotopic (exact) mass is 505 g/mol. The summed E-state index contributed by atoms with van der Waals surface area (Å²) in [5.41, 5.74) is 7.81. The average Bonchev–Trinajstić information content (AvgIpc) is 3.04. The lowest BCUT2D eigenvalue weighted by Gasteiger charge is -2.31. The van der Waals surface area contributed by atoms with Crippen molar-refractivity contribution in [2.45, 2.75) is 50.2 Å². The second-order valence-corrected chi connectivity index (χ2v) is 9.41. The van der Waals surface area contributed by atoms with Crippen molar-refractivity contribution in [2.24, 2.45) is 5.73 Å². The second-order valence-electron chi connectivity index (χ2n) is 9.41. The standard InChI is InChI=1S/C29H29F2N3O3/c1-18(32)29(37)34(27(35)14-19-12-23(30)17-24(31)13-19)26-16-22(20-8-4-2-5-9-20)15-25(33-28(26)36)21-10-6-3-7-11-21/h2-13,17-18,22,25-26H,14-16,32H2,1H3,(H,33,36)/t18-,22+,25-,26-/m0/s1. The van der Waals surface area contributed by atoms with Crippen LogP contribution >= 0.6 is 0 Å². The summed E-state index contributed by atoms with van der Waals surface area (Å²) in [4.78, 5) is 41.1. The zero-order chi connectivity index (χ0) is 26.5. The van der Waals surface area contributed by atoms with Crippen LogP contribution in [-0.4, -0.2) is 34.7 Å². The molecule has 1 aliphatic rings. The summed E-state index contributed by atoms with van der Waals surface area (Å²) in [5.74, 6) is -3.81. The van der Waals surface area contributed by atoms with Crippen LogP contribution in [0.2, 0.25) is 0 Å². The maximum absolute atomic E-state index is 13.8. The molecule has 1 fully saturated rings. The molecule has 0 spiro atoms. The number of amides is 3. The summed E-state index contributed by atoms with van der Waals surface area (Å²) in [5, 5.41) is 3.01. The summed E-state index contributed by atoms with van der Waals surface area (Å²) in [6.07, 6.45) is 0.274. The van der Waals surface area contributed by atoms with Crippen molar-refractivity contribution < 1.29 is 23.2 Å². The molecule has 4 rings (SSSR count). The highest BCUT2D eigenvalue weighted by Crippen LogP contribution is 2.36. The van der Waals surface area contributed by atoms with Crippen LogP contribution in [0.4, 0.5) is 8.78 Å². The molecule has 3 aromatic carbocycles. The van der Waals surface area contributed by atoms with E-state index >= 15 is 0 Å². The number of imide groups is 1. The van der Waals surface area contributed by atoms with E-state index in [1.807, 2.05) is 60.7 Å². The molecular weight excluding hydrogens is 476 g/mol. The zero-order valence-electron chi connectivity index (χ0n) is 20.4. The van der Waals surface area contributed by atoms with E-state index in [0.29, 0.717) is 12.5 Å². The number of hydrogen-bond acceptors (Lipinski definition) is 4. The number of halogens is 2. The first-order valence-electron chi connectivity index (χ1n) is 12.2. The Morgan fingerprint density at radius 3 is 2.08 bits per heavy atom. The number of carbonyl (C=O) groups is 3. The van der Waals surface area contributed by atoms with Crippen LogP contribution in [0.5, 0.6) is 0 Å². The van der Waals surface area contributed by atoms with E-state index in [1.54, 1.807) is 0 Å². The number of carbonyl (C=O) groups excluding carboxylic acids is 3. The molecule has 0 radical (unpaired) electrons. The van der Waals surface area contributed by atoms with Crippen molar-refractivity contribution in [1.29, 1.82) is 0 Å². The summed E-state index contributed by atoms with van der Waals surface area (Å²) >= 11 is 0. The fraction of sp³-hybridized carbons (Fsp3) is 0.276. The Kier molecular flexibility index (Phi) is 8.08. The van der Waals surface area contributed by atoms with E-state index < -0.39 is 47.9 Å². The van der Waals surface area contributed by atoms with Crippen LogP contribution in [0.3, 0.4) is 0 Å². The molecule has 3 N–H and O–H groups in total. The Bertz CT molecular complexity index is 1250. The van der Waals surface area contributed by atoms with E-state index in [9.17, 15) is 23.2 Å². The Labute approximate surface area is 214 Å². The van der Waals surface area contributed by atoms with Gasteiger partial charge in [0.1, 0.15) is 17.7 Å². The van der Waals surface area contributed by atoms with Crippen molar-refractivity contribution >= 4 is 17.7 Å². The van der Waals surface area contributed by atoms with Gasteiger partial charge in [-0.3, -0.25) is 19.3 Å². The van der Waals surface area contributed by atoms with Crippen LogP contribution in [0.1, 0.15) is 48.4 Å². The molecule has 6 nitrogen and oxygen atoms in total. The van der Waals surface area contributed by atoms with Gasteiger partial charge in [-0.15, -0.1) is 0 Å². The fourth-order valence-corrected chi connectivity index (χ4v) is 4.85. The van der Waals surface area contributed by atoms with Crippen molar-refractivity contribution in [3.63, 3.8) is 0 Å². The van der Waals surface area contributed by atoms with Gasteiger partial charge in [-0.25, -0.2) is 8.78 Å². The van der Waals surface area contributed by atoms with E-state index in [1.165, 1.54) is 6.92 Å². The van der Waals surface area contributed by atoms with E-state index in [2.05, 4.69) is 5.32 Å². The highest BCUT2D eigenvalue weighted by atomic mass is 19.1. The van der Waals surface area contributed by atoms with Crippen LogP contribution in [0.25, 0.3) is 0 Å². The average molecular weight is 506 g/mol. The molecule has 3 amide bonds. The first kappa shape index (κ1) is 26.2. The SMILES string of the molecule is C[C@H](N)C(=O)N(C(=O)Cc1cc(F)cc(F)c1)[C@H]1C[C@H](c2ccccc2)C[C@@H](c2ccccc2)NC1=O. The van der Waals surface area contributed by atoms with Gasteiger partial charge in [-0.2, -0.15) is 0 Å². The Hall–Kier alpha value is -3.91. The lowest BCUT2D eigenvalue weighted by Crippen LogP contribution is -2.56. The Morgan fingerprint density at radius 2 is 1.51 bits per heavy atom. The smallest absolute Gasteiger partial charge is 0.246 e. The molecule has 37 heavy (non-hydrogen) atoms. The lowest BCUT2D eigenvalue weighted by molar-refractivity contribution is -0.152. The minimum Gasteiger partial charge on any atom is -0.347 e. The van der Waals surface area contributed by atoms with Gasteiger partial charge in [-0.05, 0) is 54.5 Å². The summed E-state index contributed by atoms with van der Waals surface area (Å²) < 4.78 is 27.5. The molecular formula is C29H29F2N3O3. The molecule has 3 aromatic rings. The van der Waals surface area contributed by atoms with E-state index in [4.69, 9.17) is 5.73 Å². The Balaban J connectivity index is 1.72. The summed E-state index contributed by atoms with van der Waals surface area (Å²) in [6, 6.07) is 19.3. The molecule has 0 bridgehead atoms. The number of nitrogens with one attached hydrogen (secondary N) is 1. The number of benzene rings is 3. The molecule has 0 aromatic heterocycles. The molecule has 8 heteroatoms. The molecule has 0 unspecified atom stereocenters. The van der Waals surface area contributed by atoms with Crippen LogP contribution in [0.15, 0.2) is 78.9 Å². The van der Waals surface area contributed by atoms with E-state index in [0.717, 1.165) is 28.2 Å². The van der Waals surface area contributed by atoms with Crippen molar-refractivity contribution in [1.82, 2.24) is 10.2 Å². The maximum Gasteiger partial charge on any atom is 0.246 e. The third-order valence-electron chi connectivity index (χ3n) is 6.61.